The first kappa shape index (κ1) is 8.57. The summed E-state index contributed by atoms with van der Waals surface area (Å²) in [7, 11) is 0. The third-order valence-corrected chi connectivity index (χ3v) is 1.97. The maximum atomic E-state index is 10.6. The predicted octanol–water partition coefficient (Wildman–Crippen LogP) is 2.57. The van der Waals surface area contributed by atoms with Crippen molar-refractivity contribution in [3.8, 4) is 0 Å². The molecule has 1 atom stereocenters. The van der Waals surface area contributed by atoms with Gasteiger partial charge >= 0.3 is 0 Å². The molecule has 1 unspecified atom stereocenters. The van der Waals surface area contributed by atoms with Gasteiger partial charge in [0.15, 0.2) is 0 Å². The summed E-state index contributed by atoms with van der Waals surface area (Å²) >= 11 is 5.93. The lowest BCUT2D eigenvalue weighted by molar-refractivity contribution is 0.163. The standard InChI is InChI=1S/C9H10ClO/c1-9(10,7-11)8-5-3-2-4-6-8/h2-6H,7H2,1H3. The van der Waals surface area contributed by atoms with Crippen LogP contribution in [0.2, 0.25) is 0 Å². The number of alkyl halides is 1. The summed E-state index contributed by atoms with van der Waals surface area (Å²) < 4.78 is 0. The average Bonchev–Trinajstić information content (AvgIpc) is 2.06. The Bertz CT molecular complexity index is 218. The van der Waals surface area contributed by atoms with E-state index < -0.39 is 4.87 Å². The fraction of sp³-hybridized carbons (Fsp3) is 0.333. The molecule has 0 aliphatic rings. The molecule has 1 aromatic carbocycles. The monoisotopic (exact) mass is 169 g/mol. The van der Waals surface area contributed by atoms with Crippen LogP contribution in [0.15, 0.2) is 30.3 Å². The van der Waals surface area contributed by atoms with Gasteiger partial charge in [0.2, 0.25) is 0 Å². The third kappa shape index (κ3) is 1.95. The van der Waals surface area contributed by atoms with E-state index in [2.05, 4.69) is 0 Å². The molecule has 0 saturated heterocycles. The van der Waals surface area contributed by atoms with E-state index in [1.807, 2.05) is 30.3 Å². The topological polar surface area (TPSA) is 19.9 Å². The van der Waals surface area contributed by atoms with E-state index in [4.69, 9.17) is 11.6 Å². The Balaban J connectivity index is 2.93. The highest BCUT2D eigenvalue weighted by Gasteiger charge is 2.22. The van der Waals surface area contributed by atoms with Crippen LogP contribution in [-0.2, 0) is 9.98 Å². The van der Waals surface area contributed by atoms with Gasteiger partial charge in [0.1, 0.15) is 6.61 Å². The summed E-state index contributed by atoms with van der Waals surface area (Å²) in [6.45, 7) is 1.44. The summed E-state index contributed by atoms with van der Waals surface area (Å²) in [4.78, 5) is -0.749. The smallest absolute Gasteiger partial charge is 0.105 e. The van der Waals surface area contributed by atoms with Gasteiger partial charge in [-0.25, -0.2) is 5.11 Å². The van der Waals surface area contributed by atoms with Gasteiger partial charge < -0.3 is 0 Å². The molecule has 0 aliphatic carbocycles. The Morgan fingerprint density at radius 1 is 1.36 bits per heavy atom. The molecule has 2 heteroatoms. The third-order valence-electron chi connectivity index (χ3n) is 1.65. The lowest BCUT2D eigenvalue weighted by Crippen LogP contribution is -2.17. The van der Waals surface area contributed by atoms with E-state index in [0.717, 1.165) is 5.56 Å². The van der Waals surface area contributed by atoms with Crippen LogP contribution in [0.25, 0.3) is 0 Å². The largest absolute Gasteiger partial charge is 0.234 e. The van der Waals surface area contributed by atoms with E-state index in [1.54, 1.807) is 6.92 Å². The molecule has 1 rings (SSSR count). The highest BCUT2D eigenvalue weighted by atomic mass is 35.5. The SMILES string of the molecule is CC(Cl)(C[O])c1ccccc1. The van der Waals surface area contributed by atoms with Gasteiger partial charge in [-0.15, -0.1) is 11.6 Å². The summed E-state index contributed by atoms with van der Waals surface area (Å²) in [5.74, 6) is 0. The average molecular weight is 170 g/mol. The molecule has 0 amide bonds. The predicted molar refractivity (Wildman–Crippen MR) is 45.2 cm³/mol. The van der Waals surface area contributed by atoms with Crippen molar-refractivity contribution in [3.05, 3.63) is 35.9 Å². The van der Waals surface area contributed by atoms with Crippen molar-refractivity contribution >= 4 is 11.6 Å². The maximum absolute atomic E-state index is 10.6. The van der Waals surface area contributed by atoms with Crippen LogP contribution in [0, 0.1) is 0 Å². The van der Waals surface area contributed by atoms with Gasteiger partial charge in [-0.1, -0.05) is 30.3 Å². The van der Waals surface area contributed by atoms with Crippen LogP contribution in [0.1, 0.15) is 12.5 Å². The molecule has 0 fully saturated rings. The second kappa shape index (κ2) is 3.24. The van der Waals surface area contributed by atoms with Gasteiger partial charge in [-0.3, -0.25) is 0 Å². The Morgan fingerprint density at radius 2 is 1.91 bits per heavy atom. The molecule has 0 heterocycles. The number of hydrogen-bond acceptors (Lipinski definition) is 0. The minimum atomic E-state index is -0.749. The number of benzene rings is 1. The Labute approximate surface area is 71.6 Å². The lowest BCUT2D eigenvalue weighted by atomic mass is 10.0. The highest BCUT2D eigenvalue weighted by Crippen LogP contribution is 2.27. The normalized spacial score (nSPS) is 15.9. The summed E-state index contributed by atoms with van der Waals surface area (Å²) in [6.07, 6.45) is 0. The molecular weight excluding hydrogens is 160 g/mol. The van der Waals surface area contributed by atoms with Crippen LogP contribution in [0.5, 0.6) is 0 Å². The molecule has 1 aromatic rings. The number of rotatable bonds is 2. The van der Waals surface area contributed by atoms with E-state index in [-0.39, 0.29) is 6.61 Å². The molecule has 0 aliphatic heterocycles. The zero-order valence-corrected chi connectivity index (χ0v) is 7.14. The Hall–Kier alpha value is -0.530. The van der Waals surface area contributed by atoms with Crippen molar-refractivity contribution in [2.45, 2.75) is 11.8 Å². The zero-order valence-electron chi connectivity index (χ0n) is 6.38. The molecule has 1 nitrogen and oxygen atoms in total. The molecule has 0 saturated carbocycles. The van der Waals surface area contributed by atoms with Crippen molar-refractivity contribution in [2.75, 3.05) is 6.61 Å². The van der Waals surface area contributed by atoms with Crippen LogP contribution in [0.4, 0.5) is 0 Å². The molecule has 0 bridgehead atoms. The van der Waals surface area contributed by atoms with E-state index >= 15 is 0 Å². The van der Waals surface area contributed by atoms with Crippen LogP contribution in [0.3, 0.4) is 0 Å². The fourth-order valence-electron chi connectivity index (χ4n) is 0.869. The van der Waals surface area contributed by atoms with E-state index in [0.29, 0.717) is 0 Å². The van der Waals surface area contributed by atoms with Gasteiger partial charge in [0.05, 0.1) is 4.87 Å². The summed E-state index contributed by atoms with van der Waals surface area (Å²) in [5.41, 5.74) is 0.886. The van der Waals surface area contributed by atoms with Crippen LogP contribution >= 0.6 is 11.6 Å². The van der Waals surface area contributed by atoms with Crippen molar-refractivity contribution in [1.29, 1.82) is 0 Å². The summed E-state index contributed by atoms with van der Waals surface area (Å²) in [5, 5.41) is 10.6. The van der Waals surface area contributed by atoms with Gasteiger partial charge in [0.25, 0.3) is 0 Å². The highest BCUT2D eigenvalue weighted by molar-refractivity contribution is 6.23. The maximum Gasteiger partial charge on any atom is 0.105 e. The van der Waals surface area contributed by atoms with Crippen LogP contribution in [-0.4, -0.2) is 6.61 Å². The number of halogens is 1. The van der Waals surface area contributed by atoms with Gasteiger partial charge in [-0.2, -0.15) is 0 Å². The molecule has 11 heavy (non-hydrogen) atoms. The first-order chi connectivity index (χ1) is 5.17. The Morgan fingerprint density at radius 3 is 2.36 bits per heavy atom. The van der Waals surface area contributed by atoms with Crippen LogP contribution < -0.4 is 0 Å². The minimum absolute atomic E-state index is 0.293. The fourth-order valence-corrected chi connectivity index (χ4v) is 0.995. The minimum Gasteiger partial charge on any atom is -0.234 e. The first-order valence-corrected chi connectivity index (χ1v) is 3.87. The molecule has 0 N–H and O–H groups in total. The lowest BCUT2D eigenvalue weighted by Gasteiger charge is -2.17. The van der Waals surface area contributed by atoms with Crippen molar-refractivity contribution in [3.63, 3.8) is 0 Å². The molecule has 0 aromatic heterocycles. The van der Waals surface area contributed by atoms with E-state index in [1.165, 1.54) is 0 Å². The van der Waals surface area contributed by atoms with Crippen molar-refractivity contribution in [1.82, 2.24) is 0 Å². The first-order valence-electron chi connectivity index (χ1n) is 3.49. The van der Waals surface area contributed by atoms with Crippen molar-refractivity contribution < 1.29 is 5.11 Å². The zero-order chi connectivity index (χ0) is 8.32. The second-order valence-electron chi connectivity index (χ2n) is 2.71. The Kier molecular flexibility index (Phi) is 2.53. The molecule has 1 radical (unpaired) electrons. The second-order valence-corrected chi connectivity index (χ2v) is 3.54. The number of hydrogen-bond donors (Lipinski definition) is 0. The molecular formula is C9H10ClO. The quantitative estimate of drug-likeness (QED) is 0.607. The van der Waals surface area contributed by atoms with Crippen molar-refractivity contribution in [2.24, 2.45) is 0 Å². The summed E-state index contributed by atoms with van der Waals surface area (Å²) in [6, 6.07) is 9.40. The van der Waals surface area contributed by atoms with Gasteiger partial charge in [0, 0.05) is 0 Å². The molecule has 59 valence electrons. The van der Waals surface area contributed by atoms with Gasteiger partial charge in [-0.05, 0) is 12.5 Å². The molecule has 0 spiro atoms. The van der Waals surface area contributed by atoms with E-state index in [9.17, 15) is 5.11 Å².